The zero-order valence-electron chi connectivity index (χ0n) is 21.6. The van der Waals surface area contributed by atoms with E-state index in [9.17, 15) is 29.2 Å². The molecule has 0 aliphatic carbocycles. The second-order valence-electron chi connectivity index (χ2n) is 8.69. The predicted octanol–water partition coefficient (Wildman–Crippen LogP) is 5.26. The lowest BCUT2D eigenvalue weighted by atomic mass is 10.0. The Labute approximate surface area is 234 Å². The number of hydrogen-bond donors (Lipinski definition) is 1. The van der Waals surface area contributed by atoms with Crippen LogP contribution in [0, 0.1) is 0 Å². The molecular formula is C32H23NO8. The summed E-state index contributed by atoms with van der Waals surface area (Å²) in [5, 5.41) is 12.1. The van der Waals surface area contributed by atoms with Gasteiger partial charge in [-0.1, -0.05) is 90.1 Å². The van der Waals surface area contributed by atoms with Crippen molar-refractivity contribution < 1.29 is 38.7 Å². The fourth-order valence-electron chi connectivity index (χ4n) is 3.74. The molecule has 0 heterocycles. The summed E-state index contributed by atoms with van der Waals surface area (Å²) in [5.74, 6) is -3.64. The number of carbonyl (C=O) groups excluding carboxylic acids is 5. The van der Waals surface area contributed by atoms with Gasteiger partial charge in [-0.15, -0.1) is 0 Å². The Morgan fingerprint density at radius 3 is 1.27 bits per heavy atom. The maximum absolute atomic E-state index is 12.5. The Morgan fingerprint density at radius 2 is 0.854 bits per heavy atom. The van der Waals surface area contributed by atoms with Crippen molar-refractivity contribution in [2.75, 3.05) is 0 Å². The standard InChI is InChI=1S/C32H23NO8/c34-28(41-32(38)26-17-13-24(14-18-26)30(36)22-9-5-2-6-10-22)20-19-27(33-39)40-31(37)25-15-11-23(12-16-25)29(35)21-7-3-1-4-8-21/h1-18,39H,19-20H2/b33-27-. The number of ketones is 2. The van der Waals surface area contributed by atoms with E-state index < -0.39 is 30.2 Å². The van der Waals surface area contributed by atoms with E-state index in [-0.39, 0.29) is 29.1 Å². The Hall–Kier alpha value is -5.70. The maximum Gasteiger partial charge on any atom is 0.345 e. The summed E-state index contributed by atoms with van der Waals surface area (Å²) < 4.78 is 9.84. The average Bonchev–Trinajstić information content (AvgIpc) is 3.03. The van der Waals surface area contributed by atoms with Gasteiger partial charge in [0.25, 0.3) is 0 Å². The molecule has 4 aromatic carbocycles. The predicted molar refractivity (Wildman–Crippen MR) is 147 cm³/mol. The number of ether oxygens (including phenoxy) is 2. The van der Waals surface area contributed by atoms with E-state index >= 15 is 0 Å². The van der Waals surface area contributed by atoms with Crippen LogP contribution in [0.2, 0.25) is 0 Å². The van der Waals surface area contributed by atoms with Crippen LogP contribution in [0.1, 0.15) is 65.4 Å². The maximum atomic E-state index is 12.5. The van der Waals surface area contributed by atoms with Crippen molar-refractivity contribution in [3.63, 3.8) is 0 Å². The van der Waals surface area contributed by atoms with Gasteiger partial charge in [0.15, 0.2) is 11.6 Å². The number of nitrogens with zero attached hydrogens (tertiary/aromatic N) is 1. The van der Waals surface area contributed by atoms with E-state index in [4.69, 9.17) is 9.47 Å². The van der Waals surface area contributed by atoms with Gasteiger partial charge >= 0.3 is 17.9 Å². The zero-order valence-corrected chi connectivity index (χ0v) is 21.6. The molecule has 0 aromatic heterocycles. The van der Waals surface area contributed by atoms with Gasteiger partial charge < -0.3 is 14.7 Å². The minimum Gasteiger partial charge on any atom is -0.408 e. The van der Waals surface area contributed by atoms with Crippen LogP contribution < -0.4 is 0 Å². The van der Waals surface area contributed by atoms with Crippen LogP contribution in [0.4, 0.5) is 0 Å². The molecule has 9 nitrogen and oxygen atoms in total. The van der Waals surface area contributed by atoms with Gasteiger partial charge in [-0.2, -0.15) is 0 Å². The number of carbonyl (C=O) groups is 5. The number of hydrogen-bond acceptors (Lipinski definition) is 9. The van der Waals surface area contributed by atoms with Gasteiger partial charge in [0.2, 0.25) is 5.90 Å². The first-order valence-corrected chi connectivity index (χ1v) is 12.4. The lowest BCUT2D eigenvalue weighted by Crippen LogP contribution is -2.17. The molecule has 4 aromatic rings. The van der Waals surface area contributed by atoms with E-state index in [0.717, 1.165) is 0 Å². The number of rotatable bonds is 9. The SMILES string of the molecule is O=C(CC/C(=N/O)OC(=O)c1ccc(C(=O)c2ccccc2)cc1)OC(=O)c1ccc(C(=O)c2ccccc2)cc1. The third kappa shape index (κ3) is 7.45. The second-order valence-corrected chi connectivity index (χ2v) is 8.69. The Morgan fingerprint density at radius 1 is 0.488 bits per heavy atom. The van der Waals surface area contributed by atoms with Crippen molar-refractivity contribution in [2.24, 2.45) is 5.16 Å². The monoisotopic (exact) mass is 549 g/mol. The van der Waals surface area contributed by atoms with Crippen LogP contribution in [0.5, 0.6) is 0 Å². The molecule has 9 heteroatoms. The number of oxime groups is 1. The fourth-order valence-corrected chi connectivity index (χ4v) is 3.74. The highest BCUT2D eigenvalue weighted by molar-refractivity contribution is 6.10. The second kappa shape index (κ2) is 13.4. The first-order valence-electron chi connectivity index (χ1n) is 12.4. The van der Waals surface area contributed by atoms with E-state index in [1.54, 1.807) is 60.7 Å². The van der Waals surface area contributed by atoms with Gasteiger partial charge in [-0.05, 0) is 24.3 Å². The summed E-state index contributed by atoms with van der Waals surface area (Å²) in [6.45, 7) is 0. The van der Waals surface area contributed by atoms with E-state index in [1.165, 1.54) is 48.5 Å². The largest absolute Gasteiger partial charge is 0.408 e. The quantitative estimate of drug-likeness (QED) is 0.0568. The van der Waals surface area contributed by atoms with Crippen molar-refractivity contribution in [1.29, 1.82) is 0 Å². The molecule has 0 unspecified atom stereocenters. The normalized spacial score (nSPS) is 10.9. The summed E-state index contributed by atoms with van der Waals surface area (Å²) >= 11 is 0. The van der Waals surface area contributed by atoms with Crippen LogP contribution in [0.15, 0.2) is 114 Å². The molecule has 204 valence electrons. The molecule has 0 atom stereocenters. The molecule has 41 heavy (non-hydrogen) atoms. The average molecular weight is 550 g/mol. The summed E-state index contributed by atoms with van der Waals surface area (Å²) in [4.78, 5) is 62.0. The molecule has 1 N–H and O–H groups in total. The molecule has 0 spiro atoms. The van der Waals surface area contributed by atoms with Gasteiger partial charge in [-0.25, -0.2) is 9.59 Å². The molecule has 0 aliphatic heterocycles. The van der Waals surface area contributed by atoms with Crippen LogP contribution in [-0.2, 0) is 14.3 Å². The summed E-state index contributed by atoms with van der Waals surface area (Å²) in [7, 11) is 0. The van der Waals surface area contributed by atoms with E-state index in [0.29, 0.717) is 22.3 Å². The molecule has 0 saturated heterocycles. The highest BCUT2D eigenvalue weighted by Crippen LogP contribution is 2.14. The lowest BCUT2D eigenvalue weighted by Gasteiger charge is -2.07. The van der Waals surface area contributed by atoms with Crippen LogP contribution >= 0.6 is 0 Å². The highest BCUT2D eigenvalue weighted by atomic mass is 16.6. The zero-order chi connectivity index (χ0) is 29.2. The highest BCUT2D eigenvalue weighted by Gasteiger charge is 2.18. The number of benzene rings is 4. The molecule has 0 amide bonds. The molecular weight excluding hydrogens is 526 g/mol. The Balaban J connectivity index is 1.26. The summed E-state index contributed by atoms with van der Waals surface area (Å²) in [5.41, 5.74) is 1.87. The first kappa shape index (κ1) is 28.3. The topological polar surface area (TPSA) is 136 Å². The molecule has 0 radical (unpaired) electrons. The summed E-state index contributed by atoms with van der Waals surface area (Å²) in [6, 6.07) is 28.6. The Bertz CT molecular complexity index is 1590. The molecule has 0 aliphatic rings. The van der Waals surface area contributed by atoms with Gasteiger partial charge in [0, 0.05) is 28.7 Å². The number of esters is 3. The lowest BCUT2D eigenvalue weighted by molar-refractivity contribution is -0.137. The molecule has 4 rings (SSSR count). The van der Waals surface area contributed by atoms with Crippen LogP contribution in [0.3, 0.4) is 0 Å². The molecule has 0 saturated carbocycles. The van der Waals surface area contributed by atoms with Crippen molar-refractivity contribution in [3.8, 4) is 0 Å². The van der Waals surface area contributed by atoms with Gasteiger partial charge in [0.05, 0.1) is 17.5 Å². The van der Waals surface area contributed by atoms with Gasteiger partial charge in [-0.3, -0.25) is 14.4 Å². The third-order valence-corrected chi connectivity index (χ3v) is 5.91. The fraction of sp³-hybridized carbons (Fsp3) is 0.0625. The van der Waals surface area contributed by atoms with Crippen molar-refractivity contribution in [2.45, 2.75) is 12.8 Å². The van der Waals surface area contributed by atoms with Crippen molar-refractivity contribution >= 4 is 35.4 Å². The first-order chi connectivity index (χ1) is 19.9. The van der Waals surface area contributed by atoms with Gasteiger partial charge in [0.1, 0.15) is 0 Å². The van der Waals surface area contributed by atoms with Crippen LogP contribution in [0.25, 0.3) is 0 Å². The van der Waals surface area contributed by atoms with Crippen molar-refractivity contribution in [3.05, 3.63) is 143 Å². The third-order valence-electron chi connectivity index (χ3n) is 5.91. The molecule has 0 fully saturated rings. The van der Waals surface area contributed by atoms with Crippen LogP contribution in [-0.4, -0.2) is 40.6 Å². The van der Waals surface area contributed by atoms with E-state index in [2.05, 4.69) is 5.16 Å². The van der Waals surface area contributed by atoms with Crippen molar-refractivity contribution in [1.82, 2.24) is 0 Å². The smallest absolute Gasteiger partial charge is 0.345 e. The van der Waals surface area contributed by atoms with E-state index in [1.807, 2.05) is 0 Å². The minimum absolute atomic E-state index is 0.0552. The molecule has 0 bridgehead atoms. The summed E-state index contributed by atoms with van der Waals surface area (Å²) in [6.07, 6.45) is -0.753. The minimum atomic E-state index is -0.944. The Kier molecular flexibility index (Phi) is 9.25.